The van der Waals surface area contributed by atoms with Crippen molar-refractivity contribution in [3.63, 3.8) is 0 Å². The van der Waals surface area contributed by atoms with Crippen LogP contribution in [0.3, 0.4) is 0 Å². The third kappa shape index (κ3) is 48.5. The van der Waals surface area contributed by atoms with E-state index in [2.05, 4.69) is 0 Å². The van der Waals surface area contributed by atoms with Crippen molar-refractivity contribution in [2.75, 3.05) is 0 Å². The molecule has 0 aromatic rings. The van der Waals surface area contributed by atoms with Crippen LogP contribution >= 0.6 is 0 Å². The number of carbonyl (C=O) groups excluding carboxylic acids is 1. The molecule has 0 unspecified atom stereocenters. The van der Waals surface area contributed by atoms with Crippen molar-refractivity contribution in [3.8, 4) is 0 Å². The first kappa shape index (κ1) is 15.6. The molecule has 0 aromatic carbocycles. The molecule has 0 amide bonds. The van der Waals surface area contributed by atoms with Gasteiger partial charge in [0.15, 0.2) is 0 Å². The summed E-state index contributed by atoms with van der Waals surface area (Å²) >= 11 is 0. The summed E-state index contributed by atoms with van der Waals surface area (Å²) in [6.07, 6.45) is -2.33. The fourth-order valence-corrected chi connectivity index (χ4v) is 0. The average Bonchev–Trinajstić information content (AvgIpc) is 0.811. The van der Waals surface area contributed by atoms with Crippen LogP contribution in [0.4, 0.5) is 4.79 Å². The number of carbonyl (C=O) groups is 1. The van der Waals surface area contributed by atoms with Crippen LogP contribution in [0.5, 0.6) is 0 Å². The van der Waals surface area contributed by atoms with Gasteiger partial charge in [-0.2, -0.15) is 0 Å². The third-order valence-corrected chi connectivity index (χ3v) is 0. The van der Waals surface area contributed by atoms with Gasteiger partial charge in [-0.15, -0.1) is 0 Å². The molecule has 3 nitrogen and oxygen atoms in total. The fraction of sp³-hybridized carbons (Fsp3) is 0. The predicted molar refractivity (Wildman–Crippen MR) is 12.3 cm³/mol. The van der Waals surface area contributed by atoms with Crippen LogP contribution in [0.25, 0.3) is 0 Å². The monoisotopic (exact) mass is 124 g/mol. The van der Waals surface area contributed by atoms with E-state index in [0.29, 0.717) is 0 Å². The molecular weight excluding hydrogens is 123 g/mol. The largest absolute Gasteiger partial charge is 2.00 e. The Hall–Kier alpha value is 1.53. The molecule has 0 aliphatic carbocycles. The number of rotatable bonds is 0. The summed E-state index contributed by atoms with van der Waals surface area (Å²) < 4.78 is 0. The molecule has 0 atom stereocenters. The maximum absolute atomic E-state index is 8.33. The fourth-order valence-electron chi connectivity index (χ4n) is 0. The molecule has 0 heterocycles. The van der Waals surface area contributed by atoms with Crippen molar-refractivity contribution in [3.05, 3.63) is 0 Å². The number of carboxylic acid groups (broad SMARTS) is 2. The van der Waals surface area contributed by atoms with Gasteiger partial charge in [-0.1, -0.05) is 0 Å². The Morgan fingerprint density at radius 1 is 1.50 bits per heavy atom. The van der Waals surface area contributed by atoms with E-state index in [-0.39, 0.29) is 68.7 Å². The molecule has 0 aliphatic rings. The Bertz CT molecular complexity index is 37.9. The maximum atomic E-state index is 8.33. The second-order valence-corrected chi connectivity index (χ2v) is 0.250. The topological polar surface area (TPSA) is 63.2 Å². The molecule has 6 heavy (non-hydrogen) atoms. The van der Waals surface area contributed by atoms with Crippen LogP contribution in [0.1, 0.15) is 1.43 Å². The zero-order valence-electron chi connectivity index (χ0n) is 4.43. The van der Waals surface area contributed by atoms with Gasteiger partial charge < -0.3 is 16.4 Å². The summed E-state index contributed by atoms with van der Waals surface area (Å²) in [4.78, 5) is 8.33. The molecule has 0 fully saturated rings. The average molecular weight is 124 g/mol. The van der Waals surface area contributed by atoms with E-state index in [4.69, 9.17) is 15.0 Å². The van der Waals surface area contributed by atoms with E-state index >= 15 is 0 Å². The van der Waals surface area contributed by atoms with Crippen molar-refractivity contribution < 1.29 is 46.0 Å². The molecule has 0 N–H and O–H groups in total. The van der Waals surface area contributed by atoms with Crippen molar-refractivity contribution in [1.82, 2.24) is 0 Å². The van der Waals surface area contributed by atoms with Gasteiger partial charge in [0.2, 0.25) is 0 Å². The Kier molecular flexibility index (Phi) is 25.4. The molecule has 5 heteroatoms. The first-order chi connectivity index (χ1) is 1.73. The SMILES string of the molecule is O=C([O-])[O-].[Ca+2].[H-].[Na+]. The molecule has 0 saturated carbocycles. The van der Waals surface area contributed by atoms with Crippen LogP contribution in [-0.2, 0) is 0 Å². The molecule has 0 spiro atoms. The van der Waals surface area contributed by atoms with Crippen molar-refractivity contribution in [2.24, 2.45) is 0 Å². The van der Waals surface area contributed by atoms with E-state index in [1.165, 1.54) is 0 Å². The van der Waals surface area contributed by atoms with Gasteiger partial charge in [0.25, 0.3) is 0 Å². The zero-order chi connectivity index (χ0) is 3.58. The van der Waals surface area contributed by atoms with Gasteiger partial charge in [-0.3, -0.25) is 0 Å². The summed E-state index contributed by atoms with van der Waals surface area (Å²) in [5, 5.41) is 16.7. The summed E-state index contributed by atoms with van der Waals surface area (Å²) in [7, 11) is 0. The Morgan fingerprint density at radius 2 is 1.50 bits per heavy atom. The normalized spacial score (nSPS) is 4.00. The van der Waals surface area contributed by atoms with E-state index in [1.54, 1.807) is 0 Å². The molecule has 0 aromatic heterocycles. The van der Waals surface area contributed by atoms with Crippen LogP contribution in [0, 0.1) is 0 Å². The Morgan fingerprint density at radius 3 is 1.50 bits per heavy atom. The van der Waals surface area contributed by atoms with E-state index in [0.717, 1.165) is 0 Å². The summed E-state index contributed by atoms with van der Waals surface area (Å²) in [5.74, 6) is 0. The van der Waals surface area contributed by atoms with Gasteiger partial charge in [0, 0.05) is 0 Å². The minimum absolute atomic E-state index is 0. The minimum atomic E-state index is -2.33. The summed E-state index contributed by atoms with van der Waals surface area (Å²) in [6, 6.07) is 0. The van der Waals surface area contributed by atoms with Crippen LogP contribution < -0.4 is 39.8 Å². The summed E-state index contributed by atoms with van der Waals surface area (Å²) in [6.45, 7) is 0. The number of hydrogen-bond acceptors (Lipinski definition) is 3. The number of hydrogen-bond donors (Lipinski definition) is 0. The van der Waals surface area contributed by atoms with Gasteiger partial charge in [0.05, 0.1) is 0 Å². The van der Waals surface area contributed by atoms with Crippen LogP contribution in [0.2, 0.25) is 0 Å². The third-order valence-electron chi connectivity index (χ3n) is 0. The first-order valence-electron chi connectivity index (χ1n) is 0.612. The standard InChI is InChI=1S/CH2O3.Ca.Na.H/c2-1(3)4;;;/h(H2,2,3,4);;;/q;+2;+1;-1/p-2. The smallest absolute Gasteiger partial charge is 1.00 e. The van der Waals surface area contributed by atoms with Crippen molar-refractivity contribution in [2.45, 2.75) is 0 Å². The van der Waals surface area contributed by atoms with E-state index in [9.17, 15) is 0 Å². The van der Waals surface area contributed by atoms with Gasteiger partial charge in [-0.25, -0.2) is 0 Å². The van der Waals surface area contributed by atoms with Crippen LogP contribution in [-0.4, -0.2) is 43.9 Å². The molecule has 26 valence electrons. The molecule has 0 rings (SSSR count). The van der Waals surface area contributed by atoms with Gasteiger partial charge in [0.1, 0.15) is 0 Å². The summed E-state index contributed by atoms with van der Waals surface area (Å²) in [5.41, 5.74) is 0. The van der Waals surface area contributed by atoms with E-state index < -0.39 is 6.16 Å². The second kappa shape index (κ2) is 9.73. The van der Waals surface area contributed by atoms with E-state index in [1.807, 2.05) is 0 Å². The Balaban J connectivity index is -0.0000000150. The predicted octanol–water partition coefficient (Wildman–Crippen LogP) is -5.71. The first-order valence-corrected chi connectivity index (χ1v) is 0.612. The maximum Gasteiger partial charge on any atom is 2.00 e. The zero-order valence-corrected chi connectivity index (χ0v) is 7.64. The Labute approximate surface area is 88.5 Å². The molecule has 0 saturated heterocycles. The molecule has 0 aliphatic heterocycles. The van der Waals surface area contributed by atoms with Crippen LogP contribution in [0.15, 0.2) is 0 Å². The quantitative estimate of drug-likeness (QED) is 0.302. The second-order valence-electron chi connectivity index (χ2n) is 0.250. The molecule has 0 bridgehead atoms. The van der Waals surface area contributed by atoms with Crippen molar-refractivity contribution in [1.29, 1.82) is 0 Å². The van der Waals surface area contributed by atoms with Crippen molar-refractivity contribution >= 4 is 43.9 Å². The minimum Gasteiger partial charge on any atom is -1.00 e. The molecule has 0 radical (unpaired) electrons. The van der Waals surface area contributed by atoms with Gasteiger partial charge >= 0.3 is 67.3 Å². The van der Waals surface area contributed by atoms with Gasteiger partial charge in [-0.05, 0) is 6.16 Å². The molecular formula is CHCaNaO3.